The lowest BCUT2D eigenvalue weighted by atomic mass is 10.0. The summed E-state index contributed by atoms with van der Waals surface area (Å²) in [5, 5.41) is 2.98. The summed E-state index contributed by atoms with van der Waals surface area (Å²) in [6.45, 7) is 6.61. The Labute approximate surface area is 473 Å². The van der Waals surface area contributed by atoms with E-state index in [1.165, 1.54) is 77.0 Å². The molecule has 0 aromatic rings. The van der Waals surface area contributed by atoms with Crippen LogP contribution in [0.3, 0.4) is 0 Å². The van der Waals surface area contributed by atoms with Gasteiger partial charge in [0.15, 0.2) is 0 Å². The maximum absolute atomic E-state index is 13.5. The zero-order valence-corrected chi connectivity index (χ0v) is 50.8. The highest BCUT2D eigenvalue weighted by atomic mass is 31.2. The van der Waals surface area contributed by atoms with Crippen LogP contribution in [0.2, 0.25) is 0 Å². The van der Waals surface area contributed by atoms with E-state index in [2.05, 4.69) is 148 Å². The molecule has 0 aliphatic heterocycles. The zero-order valence-electron chi connectivity index (χ0n) is 49.9. The van der Waals surface area contributed by atoms with Crippen molar-refractivity contribution in [1.82, 2.24) is 5.32 Å². The molecule has 0 aromatic carbocycles. The number of esters is 1. The third-order valence-corrected chi connectivity index (χ3v) is 13.5. The van der Waals surface area contributed by atoms with Crippen LogP contribution in [0.25, 0.3) is 0 Å². The number of amides is 1. The average molecular weight is 1090 g/mol. The fourth-order valence-corrected chi connectivity index (χ4v) is 8.59. The van der Waals surface area contributed by atoms with E-state index in [1.54, 1.807) is 6.08 Å². The van der Waals surface area contributed by atoms with Crippen molar-refractivity contribution in [1.29, 1.82) is 0 Å². The normalized spacial score (nSPS) is 14.6. The molecule has 0 bridgehead atoms. The molecule has 9 nitrogen and oxygen atoms in total. The molecule has 0 spiro atoms. The van der Waals surface area contributed by atoms with Gasteiger partial charge < -0.3 is 28.5 Å². The van der Waals surface area contributed by atoms with Crippen molar-refractivity contribution >= 4 is 19.7 Å². The highest BCUT2D eigenvalue weighted by Gasteiger charge is 2.27. The summed E-state index contributed by atoms with van der Waals surface area (Å²) >= 11 is 0. The van der Waals surface area contributed by atoms with E-state index in [4.69, 9.17) is 13.8 Å². The van der Waals surface area contributed by atoms with Gasteiger partial charge in [-0.2, -0.15) is 0 Å². The molecule has 0 saturated carbocycles. The molecular weight excluding hydrogens is 976 g/mol. The second-order valence-electron chi connectivity index (χ2n) is 21.1. The van der Waals surface area contributed by atoms with Crippen molar-refractivity contribution in [2.45, 2.75) is 238 Å². The van der Waals surface area contributed by atoms with E-state index in [0.29, 0.717) is 23.9 Å². The Morgan fingerprint density at radius 2 is 0.844 bits per heavy atom. The lowest BCUT2D eigenvalue weighted by Gasteiger charge is -2.30. The van der Waals surface area contributed by atoms with Gasteiger partial charge in [0, 0.05) is 12.8 Å². The largest absolute Gasteiger partial charge is 0.756 e. The molecule has 3 unspecified atom stereocenters. The van der Waals surface area contributed by atoms with Crippen molar-refractivity contribution in [3.8, 4) is 0 Å². The number of unbranched alkanes of at least 4 members (excludes halogenated alkanes) is 17. The summed E-state index contributed by atoms with van der Waals surface area (Å²) in [6.07, 6.45) is 78.6. The van der Waals surface area contributed by atoms with Gasteiger partial charge in [0.1, 0.15) is 19.3 Å². The summed E-state index contributed by atoms with van der Waals surface area (Å²) in [5.74, 6) is -0.668. The van der Waals surface area contributed by atoms with E-state index in [-0.39, 0.29) is 25.4 Å². The monoisotopic (exact) mass is 1090 g/mol. The Hall–Kier alpha value is -3.85. The predicted octanol–water partition coefficient (Wildman–Crippen LogP) is 18.3. The summed E-state index contributed by atoms with van der Waals surface area (Å²) in [4.78, 5) is 39.9. The van der Waals surface area contributed by atoms with Crippen LogP contribution in [0.15, 0.2) is 134 Å². The Bertz CT molecular complexity index is 1780. The molecule has 0 rings (SSSR count). The van der Waals surface area contributed by atoms with Crippen molar-refractivity contribution in [2.75, 3.05) is 40.9 Å². The second-order valence-corrected chi connectivity index (χ2v) is 22.5. The molecule has 10 heteroatoms. The Morgan fingerprint density at radius 3 is 1.30 bits per heavy atom. The van der Waals surface area contributed by atoms with Gasteiger partial charge in [0.25, 0.3) is 7.82 Å². The number of phosphoric ester groups is 1. The number of carbonyl (C=O) groups is 2. The predicted molar refractivity (Wildman–Crippen MR) is 330 cm³/mol. The summed E-state index contributed by atoms with van der Waals surface area (Å²) < 4.78 is 30.2. The van der Waals surface area contributed by atoms with Gasteiger partial charge in [0.2, 0.25) is 5.91 Å². The number of hydrogen-bond acceptors (Lipinski definition) is 7. The average Bonchev–Trinajstić information content (AvgIpc) is 3.39. The molecule has 0 aliphatic rings. The summed E-state index contributed by atoms with van der Waals surface area (Å²) in [5.41, 5.74) is 0. The van der Waals surface area contributed by atoms with E-state index in [9.17, 15) is 19.0 Å². The number of phosphoric acid groups is 1. The molecule has 1 N–H and O–H groups in total. The number of likely N-dealkylation sites (N-methyl/N-ethyl adjacent to an activating group) is 1. The minimum absolute atomic E-state index is 0.0470. The first kappa shape index (κ1) is 73.2. The molecule has 0 aromatic heterocycles. The smallest absolute Gasteiger partial charge is 0.306 e. The molecule has 1 amide bonds. The van der Waals surface area contributed by atoms with Crippen molar-refractivity contribution in [3.63, 3.8) is 0 Å². The van der Waals surface area contributed by atoms with Gasteiger partial charge in [-0.15, -0.1) is 0 Å². The SMILES string of the molecule is CC/C=C\C/C=C\C/C=C\C/C=C\C/C=C\C/C=C\CCCCC(=O)OC(/C=C/CCCCCCCCCCCCC)C(COP(=O)([O-])OCC[N+](C)(C)C)NC(=O)CCC/C=C\C/C=C\C/C=C\C/C=C\CCCCC. The first-order valence-corrected chi connectivity index (χ1v) is 32.0. The van der Waals surface area contributed by atoms with Gasteiger partial charge in [-0.25, -0.2) is 0 Å². The van der Waals surface area contributed by atoms with Crippen LogP contribution >= 0.6 is 7.82 Å². The van der Waals surface area contributed by atoms with E-state index < -0.39 is 32.5 Å². The lowest BCUT2D eigenvalue weighted by Crippen LogP contribution is -2.47. The molecular formula is C67H113N2O7P. The lowest BCUT2D eigenvalue weighted by molar-refractivity contribution is -0.870. The standard InChI is InChI=1S/C67H113N2O7P/c1-7-10-13-16-19-22-25-28-30-32-33-34-35-37-39-42-45-48-51-54-57-60-67(71)76-65(58-55-52-49-46-43-40-27-24-21-18-15-12-9-3)64(63-75-77(72,73)74-62-61-69(4,5)6)68-66(70)59-56-53-50-47-44-41-38-36-31-29-26-23-20-17-14-11-8-2/h10,13,19-20,22-23,28-31,33-34,37-39,41,45,47-48,50,55,58,64-65H,7-9,11-12,14-18,21,24-27,32,35-36,40,42-44,46,49,51-54,56-57,59-63H2,1-6H3,(H-,68,70,72,73)/b13-10-,22-19-,23-20-,30-28-,31-29-,34-33-,39-37-,41-38-,48-45-,50-47-,58-55+. The van der Waals surface area contributed by atoms with Crippen LogP contribution in [0.1, 0.15) is 226 Å². The van der Waals surface area contributed by atoms with E-state index in [0.717, 1.165) is 103 Å². The molecule has 0 aliphatic carbocycles. The zero-order chi connectivity index (χ0) is 56.4. The number of quaternary nitrogens is 1. The number of ether oxygens (including phenoxy) is 1. The highest BCUT2D eigenvalue weighted by Crippen LogP contribution is 2.38. The van der Waals surface area contributed by atoms with Crippen molar-refractivity contribution in [3.05, 3.63) is 134 Å². The van der Waals surface area contributed by atoms with Gasteiger partial charge in [-0.1, -0.05) is 225 Å². The van der Waals surface area contributed by atoms with Crippen LogP contribution in [-0.4, -0.2) is 69.4 Å². The van der Waals surface area contributed by atoms with Gasteiger partial charge >= 0.3 is 5.97 Å². The maximum atomic E-state index is 13.5. The van der Waals surface area contributed by atoms with Crippen LogP contribution < -0.4 is 10.2 Å². The molecule has 0 heterocycles. The molecule has 77 heavy (non-hydrogen) atoms. The topological polar surface area (TPSA) is 114 Å². The van der Waals surface area contributed by atoms with Crippen molar-refractivity contribution < 1.29 is 37.3 Å². The molecule has 438 valence electrons. The number of nitrogens with zero attached hydrogens (tertiary/aromatic N) is 1. The van der Waals surface area contributed by atoms with E-state index in [1.807, 2.05) is 27.2 Å². The van der Waals surface area contributed by atoms with Crippen LogP contribution in [-0.2, 0) is 27.9 Å². The third-order valence-electron chi connectivity index (χ3n) is 12.6. The summed E-state index contributed by atoms with van der Waals surface area (Å²) in [6, 6.07) is -0.945. The first-order valence-electron chi connectivity index (χ1n) is 30.5. The molecule has 0 fully saturated rings. The van der Waals surface area contributed by atoms with Crippen LogP contribution in [0.5, 0.6) is 0 Å². The molecule has 0 radical (unpaired) electrons. The van der Waals surface area contributed by atoms with Crippen LogP contribution in [0, 0.1) is 0 Å². The fraction of sp³-hybridized carbons (Fsp3) is 0.642. The number of allylic oxidation sites excluding steroid dienone is 21. The molecule has 3 atom stereocenters. The third kappa shape index (κ3) is 56.7. The minimum Gasteiger partial charge on any atom is -0.756 e. The number of nitrogens with one attached hydrogen (secondary N) is 1. The minimum atomic E-state index is -4.73. The van der Waals surface area contributed by atoms with Gasteiger partial charge in [0.05, 0.1) is 33.8 Å². The number of carbonyl (C=O) groups excluding carboxylic acids is 2. The molecule has 0 saturated heterocycles. The fourth-order valence-electron chi connectivity index (χ4n) is 7.87. The quantitative estimate of drug-likeness (QED) is 0.0212. The number of rotatable bonds is 53. The highest BCUT2D eigenvalue weighted by molar-refractivity contribution is 7.45. The second kappa shape index (κ2) is 55.5. The van der Waals surface area contributed by atoms with Gasteiger partial charge in [-0.05, 0) is 122 Å². The first-order chi connectivity index (χ1) is 37.4. The van der Waals surface area contributed by atoms with Crippen LogP contribution in [0.4, 0.5) is 0 Å². The Kier molecular flexibility index (Phi) is 52.7. The van der Waals surface area contributed by atoms with Gasteiger partial charge in [-0.3, -0.25) is 14.2 Å². The summed E-state index contributed by atoms with van der Waals surface area (Å²) in [7, 11) is 1.11. The maximum Gasteiger partial charge on any atom is 0.306 e. The Balaban J connectivity index is 5.49. The van der Waals surface area contributed by atoms with Crippen molar-refractivity contribution in [2.24, 2.45) is 0 Å². The number of hydrogen-bond donors (Lipinski definition) is 1. The van der Waals surface area contributed by atoms with E-state index >= 15 is 0 Å². The Morgan fingerprint density at radius 1 is 0.468 bits per heavy atom.